The molecular formula is C18H18O2. The summed E-state index contributed by atoms with van der Waals surface area (Å²) in [6.45, 7) is 8.08. The van der Waals surface area contributed by atoms with Crippen molar-refractivity contribution in [1.29, 1.82) is 0 Å². The minimum Gasteiger partial charge on any atom is -0.489 e. The van der Waals surface area contributed by atoms with Crippen LogP contribution in [-0.4, -0.2) is 12.4 Å². The molecule has 0 aliphatic rings. The Balaban J connectivity index is 2.36. The minimum atomic E-state index is -0.0222. The second kappa shape index (κ2) is 6.20. The summed E-state index contributed by atoms with van der Waals surface area (Å²) in [5.41, 5.74) is 3.21. The summed E-state index contributed by atoms with van der Waals surface area (Å²) in [6.07, 6.45) is 0. The molecule has 20 heavy (non-hydrogen) atoms. The lowest BCUT2D eigenvalue weighted by molar-refractivity contribution is 0.103. The SMILES string of the molecule is C=C(C)COc1ccc(C)cc1C(=O)c1ccccc1. The van der Waals surface area contributed by atoms with Crippen LogP contribution in [0.25, 0.3) is 0 Å². The first-order valence-electron chi connectivity index (χ1n) is 6.55. The van der Waals surface area contributed by atoms with E-state index in [1.807, 2.05) is 62.4 Å². The molecule has 0 aliphatic heterocycles. The molecule has 0 atom stereocenters. The Bertz CT molecular complexity index is 627. The zero-order valence-corrected chi connectivity index (χ0v) is 11.8. The molecule has 0 N–H and O–H groups in total. The van der Waals surface area contributed by atoms with Crippen LogP contribution in [0.5, 0.6) is 5.75 Å². The smallest absolute Gasteiger partial charge is 0.196 e. The highest BCUT2D eigenvalue weighted by Crippen LogP contribution is 2.23. The van der Waals surface area contributed by atoms with Crippen molar-refractivity contribution in [1.82, 2.24) is 0 Å². The molecule has 2 aromatic rings. The summed E-state index contributed by atoms with van der Waals surface area (Å²) in [7, 11) is 0. The molecule has 0 unspecified atom stereocenters. The number of rotatable bonds is 5. The lowest BCUT2D eigenvalue weighted by atomic mass is 10.0. The van der Waals surface area contributed by atoms with Gasteiger partial charge in [-0.15, -0.1) is 0 Å². The van der Waals surface area contributed by atoms with Gasteiger partial charge in [0.25, 0.3) is 0 Å². The van der Waals surface area contributed by atoms with Gasteiger partial charge in [0, 0.05) is 5.56 Å². The average Bonchev–Trinajstić information content (AvgIpc) is 2.46. The molecule has 0 fully saturated rings. The molecule has 0 aromatic heterocycles. The van der Waals surface area contributed by atoms with Crippen LogP contribution >= 0.6 is 0 Å². The van der Waals surface area contributed by atoms with Crippen LogP contribution in [0.3, 0.4) is 0 Å². The van der Waals surface area contributed by atoms with Gasteiger partial charge in [-0.1, -0.05) is 48.5 Å². The van der Waals surface area contributed by atoms with Gasteiger partial charge in [-0.25, -0.2) is 0 Å². The third-order valence-electron chi connectivity index (χ3n) is 2.89. The molecular weight excluding hydrogens is 248 g/mol. The summed E-state index contributed by atoms with van der Waals surface area (Å²) < 4.78 is 5.68. The second-order valence-corrected chi connectivity index (χ2v) is 4.94. The summed E-state index contributed by atoms with van der Waals surface area (Å²) in [5, 5.41) is 0. The molecule has 0 radical (unpaired) electrons. The predicted molar refractivity (Wildman–Crippen MR) is 81.4 cm³/mol. The van der Waals surface area contributed by atoms with Gasteiger partial charge in [0.2, 0.25) is 0 Å². The maximum Gasteiger partial charge on any atom is 0.196 e. The summed E-state index contributed by atoms with van der Waals surface area (Å²) in [6, 6.07) is 14.9. The largest absolute Gasteiger partial charge is 0.489 e. The second-order valence-electron chi connectivity index (χ2n) is 4.94. The van der Waals surface area contributed by atoms with Gasteiger partial charge in [-0.05, 0) is 31.6 Å². The van der Waals surface area contributed by atoms with Crippen LogP contribution < -0.4 is 4.74 Å². The van der Waals surface area contributed by atoms with Crippen molar-refractivity contribution in [3.8, 4) is 5.75 Å². The molecule has 0 spiro atoms. The minimum absolute atomic E-state index is 0.0222. The number of ketones is 1. The number of aryl methyl sites for hydroxylation is 1. The predicted octanol–water partition coefficient (Wildman–Crippen LogP) is 4.18. The first-order valence-corrected chi connectivity index (χ1v) is 6.55. The first kappa shape index (κ1) is 14.1. The Labute approximate surface area is 119 Å². The fraction of sp³-hybridized carbons (Fsp3) is 0.167. The number of benzene rings is 2. The number of ether oxygens (including phenoxy) is 1. The van der Waals surface area contributed by atoms with E-state index < -0.39 is 0 Å². The number of carbonyl (C=O) groups excluding carboxylic acids is 1. The molecule has 0 aliphatic carbocycles. The van der Waals surface area contributed by atoms with Gasteiger partial charge < -0.3 is 4.74 Å². The van der Waals surface area contributed by atoms with Crippen molar-refractivity contribution >= 4 is 5.78 Å². The van der Waals surface area contributed by atoms with E-state index >= 15 is 0 Å². The van der Waals surface area contributed by atoms with Crippen molar-refractivity contribution in [2.45, 2.75) is 13.8 Å². The lowest BCUT2D eigenvalue weighted by Crippen LogP contribution is -2.07. The molecule has 2 heteroatoms. The van der Waals surface area contributed by atoms with Crippen LogP contribution in [0.1, 0.15) is 28.4 Å². The molecule has 0 bridgehead atoms. The molecule has 2 nitrogen and oxygen atoms in total. The number of hydrogen-bond acceptors (Lipinski definition) is 2. The number of hydrogen-bond donors (Lipinski definition) is 0. The first-order chi connectivity index (χ1) is 9.58. The standard InChI is InChI=1S/C18H18O2/c1-13(2)12-20-17-10-9-14(3)11-16(17)18(19)15-7-5-4-6-8-15/h4-11H,1,12H2,2-3H3. The van der Waals surface area contributed by atoms with Crippen LogP contribution in [0.4, 0.5) is 0 Å². The maximum absolute atomic E-state index is 12.6. The van der Waals surface area contributed by atoms with E-state index in [2.05, 4.69) is 6.58 Å². The number of carbonyl (C=O) groups is 1. The van der Waals surface area contributed by atoms with E-state index in [1.165, 1.54) is 0 Å². The van der Waals surface area contributed by atoms with E-state index in [9.17, 15) is 4.79 Å². The van der Waals surface area contributed by atoms with Gasteiger partial charge in [0.15, 0.2) is 5.78 Å². The zero-order valence-electron chi connectivity index (χ0n) is 11.8. The van der Waals surface area contributed by atoms with Crippen molar-refractivity contribution in [2.24, 2.45) is 0 Å². The van der Waals surface area contributed by atoms with E-state index in [0.717, 1.165) is 11.1 Å². The van der Waals surface area contributed by atoms with Crippen LogP contribution in [0.15, 0.2) is 60.7 Å². The topological polar surface area (TPSA) is 26.3 Å². The van der Waals surface area contributed by atoms with Crippen molar-refractivity contribution in [3.05, 3.63) is 77.4 Å². The Morgan fingerprint density at radius 1 is 1.15 bits per heavy atom. The van der Waals surface area contributed by atoms with Gasteiger partial charge in [-0.3, -0.25) is 4.79 Å². The molecule has 0 heterocycles. The highest BCUT2D eigenvalue weighted by atomic mass is 16.5. The lowest BCUT2D eigenvalue weighted by Gasteiger charge is -2.11. The van der Waals surface area contributed by atoms with E-state index in [4.69, 9.17) is 4.74 Å². The van der Waals surface area contributed by atoms with E-state index in [-0.39, 0.29) is 5.78 Å². The molecule has 0 saturated heterocycles. The van der Waals surface area contributed by atoms with Crippen molar-refractivity contribution in [2.75, 3.05) is 6.61 Å². The summed E-state index contributed by atoms with van der Waals surface area (Å²) in [4.78, 5) is 12.6. The molecule has 2 aromatic carbocycles. The highest BCUT2D eigenvalue weighted by molar-refractivity contribution is 6.10. The highest BCUT2D eigenvalue weighted by Gasteiger charge is 2.14. The van der Waals surface area contributed by atoms with Crippen LogP contribution in [-0.2, 0) is 0 Å². The Morgan fingerprint density at radius 3 is 2.50 bits per heavy atom. The zero-order chi connectivity index (χ0) is 14.5. The van der Waals surface area contributed by atoms with Crippen LogP contribution in [0.2, 0.25) is 0 Å². The fourth-order valence-corrected chi connectivity index (χ4v) is 1.89. The van der Waals surface area contributed by atoms with Gasteiger partial charge >= 0.3 is 0 Å². The Kier molecular flexibility index (Phi) is 4.36. The Morgan fingerprint density at radius 2 is 1.85 bits per heavy atom. The van der Waals surface area contributed by atoms with Gasteiger partial charge in [0.1, 0.15) is 12.4 Å². The molecule has 0 amide bonds. The fourth-order valence-electron chi connectivity index (χ4n) is 1.89. The average molecular weight is 266 g/mol. The van der Waals surface area contributed by atoms with Crippen molar-refractivity contribution in [3.63, 3.8) is 0 Å². The van der Waals surface area contributed by atoms with Crippen molar-refractivity contribution < 1.29 is 9.53 Å². The van der Waals surface area contributed by atoms with E-state index in [0.29, 0.717) is 23.5 Å². The summed E-state index contributed by atoms with van der Waals surface area (Å²) in [5.74, 6) is 0.582. The van der Waals surface area contributed by atoms with Crippen LogP contribution in [0, 0.1) is 6.92 Å². The molecule has 0 saturated carbocycles. The maximum atomic E-state index is 12.6. The molecule has 102 valence electrons. The van der Waals surface area contributed by atoms with Gasteiger partial charge in [-0.2, -0.15) is 0 Å². The monoisotopic (exact) mass is 266 g/mol. The quantitative estimate of drug-likeness (QED) is 0.599. The van der Waals surface area contributed by atoms with E-state index in [1.54, 1.807) is 0 Å². The van der Waals surface area contributed by atoms with Gasteiger partial charge in [0.05, 0.1) is 5.56 Å². The Hall–Kier alpha value is -2.35. The third-order valence-corrected chi connectivity index (χ3v) is 2.89. The molecule has 2 rings (SSSR count). The third kappa shape index (κ3) is 3.35. The summed E-state index contributed by atoms with van der Waals surface area (Å²) >= 11 is 0. The normalized spacial score (nSPS) is 10.1.